The molecule has 0 fully saturated rings. The van der Waals surface area contributed by atoms with Crippen molar-refractivity contribution in [3.05, 3.63) is 41.5 Å². The number of nitrogens with one attached hydrogen (secondary N) is 1. The Bertz CT molecular complexity index is 508. The van der Waals surface area contributed by atoms with E-state index in [0.717, 1.165) is 5.75 Å². The van der Waals surface area contributed by atoms with Crippen LogP contribution in [-0.2, 0) is 6.54 Å². The highest BCUT2D eigenvalue weighted by molar-refractivity contribution is 5.28. The molecule has 0 saturated carbocycles. The van der Waals surface area contributed by atoms with Crippen LogP contribution in [0.2, 0.25) is 0 Å². The Kier molecular flexibility index (Phi) is 4.52. The van der Waals surface area contributed by atoms with Gasteiger partial charge in [0.2, 0.25) is 5.89 Å². The fourth-order valence-electron chi connectivity index (χ4n) is 1.79. The Morgan fingerprint density at radius 1 is 1.32 bits per heavy atom. The van der Waals surface area contributed by atoms with Gasteiger partial charge in [0.25, 0.3) is 0 Å². The van der Waals surface area contributed by atoms with Gasteiger partial charge in [-0.3, -0.25) is 0 Å². The summed E-state index contributed by atoms with van der Waals surface area (Å²) in [4.78, 5) is 4.15. The first-order valence-electron chi connectivity index (χ1n) is 6.44. The Morgan fingerprint density at radius 3 is 2.63 bits per heavy atom. The summed E-state index contributed by atoms with van der Waals surface area (Å²) in [6.45, 7) is 7.13. The van der Waals surface area contributed by atoms with Gasteiger partial charge in [0, 0.05) is 6.04 Å². The van der Waals surface area contributed by atoms with Gasteiger partial charge in [0.15, 0.2) is 5.82 Å². The Balaban J connectivity index is 1.90. The number of benzene rings is 1. The topological polar surface area (TPSA) is 60.2 Å². The molecule has 1 aromatic carbocycles. The van der Waals surface area contributed by atoms with Crippen molar-refractivity contribution in [2.45, 2.75) is 33.4 Å². The molecule has 2 rings (SSSR count). The maximum Gasteiger partial charge on any atom is 0.240 e. The number of rotatable bonds is 6. The molecule has 5 nitrogen and oxygen atoms in total. The molecule has 0 radical (unpaired) electrons. The minimum absolute atomic E-state index is 0.211. The van der Waals surface area contributed by atoms with E-state index in [2.05, 4.69) is 34.5 Å². The third-order valence-electron chi connectivity index (χ3n) is 2.82. The maximum atomic E-state index is 5.42. The predicted molar refractivity (Wildman–Crippen MR) is 71.9 cm³/mol. The van der Waals surface area contributed by atoms with Crippen molar-refractivity contribution in [1.29, 1.82) is 0 Å². The summed E-state index contributed by atoms with van der Waals surface area (Å²) >= 11 is 0. The third kappa shape index (κ3) is 3.79. The highest BCUT2D eigenvalue weighted by Gasteiger charge is 2.08. The molecule has 19 heavy (non-hydrogen) atoms. The second-order valence-corrected chi connectivity index (χ2v) is 4.34. The molecule has 0 aliphatic heterocycles. The van der Waals surface area contributed by atoms with Gasteiger partial charge in [-0.2, -0.15) is 4.98 Å². The average molecular weight is 261 g/mol. The summed E-state index contributed by atoms with van der Waals surface area (Å²) < 4.78 is 10.5. The highest BCUT2D eigenvalue weighted by atomic mass is 16.5. The van der Waals surface area contributed by atoms with Crippen LogP contribution in [0.3, 0.4) is 0 Å². The normalized spacial score (nSPS) is 12.4. The van der Waals surface area contributed by atoms with Crippen LogP contribution in [0.4, 0.5) is 0 Å². The van der Waals surface area contributed by atoms with Crippen molar-refractivity contribution >= 4 is 0 Å². The van der Waals surface area contributed by atoms with Crippen LogP contribution in [0.5, 0.6) is 5.75 Å². The Hall–Kier alpha value is -1.88. The van der Waals surface area contributed by atoms with Crippen LogP contribution in [-0.4, -0.2) is 16.7 Å². The zero-order chi connectivity index (χ0) is 13.7. The van der Waals surface area contributed by atoms with Crippen molar-refractivity contribution in [3.8, 4) is 5.75 Å². The van der Waals surface area contributed by atoms with E-state index in [4.69, 9.17) is 9.26 Å². The summed E-state index contributed by atoms with van der Waals surface area (Å²) in [7, 11) is 0. The van der Waals surface area contributed by atoms with Crippen molar-refractivity contribution in [3.63, 3.8) is 0 Å². The number of aromatic nitrogens is 2. The van der Waals surface area contributed by atoms with E-state index in [9.17, 15) is 0 Å². The zero-order valence-electron chi connectivity index (χ0n) is 11.5. The van der Waals surface area contributed by atoms with Crippen molar-refractivity contribution in [2.75, 3.05) is 6.61 Å². The minimum atomic E-state index is 0.211. The molecule has 2 aromatic rings. The number of hydrogen-bond acceptors (Lipinski definition) is 5. The lowest BCUT2D eigenvalue weighted by Crippen LogP contribution is -2.18. The van der Waals surface area contributed by atoms with Gasteiger partial charge in [-0.15, -0.1) is 0 Å². The van der Waals surface area contributed by atoms with Crippen LogP contribution >= 0.6 is 0 Å². The Morgan fingerprint density at radius 2 is 2.05 bits per heavy atom. The summed E-state index contributed by atoms with van der Waals surface area (Å²) in [5.74, 6) is 2.16. The van der Waals surface area contributed by atoms with Gasteiger partial charge in [-0.1, -0.05) is 17.3 Å². The monoisotopic (exact) mass is 261 g/mol. The lowest BCUT2D eigenvalue weighted by atomic mass is 10.1. The van der Waals surface area contributed by atoms with Crippen LogP contribution in [0.15, 0.2) is 28.8 Å². The molecule has 0 saturated heterocycles. The second kappa shape index (κ2) is 6.33. The van der Waals surface area contributed by atoms with E-state index in [1.54, 1.807) is 0 Å². The highest BCUT2D eigenvalue weighted by Crippen LogP contribution is 2.17. The molecule has 0 spiro atoms. The van der Waals surface area contributed by atoms with Gasteiger partial charge in [0.1, 0.15) is 5.75 Å². The average Bonchev–Trinajstić information content (AvgIpc) is 2.83. The van der Waals surface area contributed by atoms with Crippen LogP contribution in [0.25, 0.3) is 0 Å². The molecule has 5 heteroatoms. The molecule has 0 amide bonds. The lowest BCUT2D eigenvalue weighted by Gasteiger charge is -2.13. The van der Waals surface area contributed by atoms with E-state index < -0.39 is 0 Å². The molecule has 1 atom stereocenters. The van der Waals surface area contributed by atoms with E-state index >= 15 is 0 Å². The van der Waals surface area contributed by atoms with Crippen LogP contribution in [0.1, 0.15) is 37.2 Å². The third-order valence-corrected chi connectivity index (χ3v) is 2.82. The van der Waals surface area contributed by atoms with Crippen molar-refractivity contribution in [2.24, 2.45) is 0 Å². The first-order valence-corrected chi connectivity index (χ1v) is 6.44. The van der Waals surface area contributed by atoms with Crippen LogP contribution in [0, 0.1) is 6.92 Å². The van der Waals surface area contributed by atoms with E-state index in [0.29, 0.717) is 24.9 Å². The van der Waals surface area contributed by atoms with Gasteiger partial charge in [-0.05, 0) is 38.5 Å². The molecule has 102 valence electrons. The first-order chi connectivity index (χ1) is 9.19. The minimum Gasteiger partial charge on any atom is -0.494 e. The molecular formula is C14H19N3O2. The summed E-state index contributed by atoms with van der Waals surface area (Å²) in [5, 5.41) is 7.10. The molecule has 0 aliphatic rings. The smallest absolute Gasteiger partial charge is 0.240 e. The maximum absolute atomic E-state index is 5.42. The predicted octanol–water partition coefficient (Wildman–Crippen LogP) is 2.63. The standard InChI is InChI=1S/C14H19N3O2/c1-4-18-13-7-5-12(6-8-13)10(2)15-9-14-16-11(3)17-19-14/h5-8,10,15H,4,9H2,1-3H3. The van der Waals surface area contributed by atoms with E-state index in [1.807, 2.05) is 26.0 Å². The molecular weight excluding hydrogens is 242 g/mol. The number of hydrogen-bond donors (Lipinski definition) is 1. The number of ether oxygens (including phenoxy) is 1. The first kappa shape index (κ1) is 13.5. The van der Waals surface area contributed by atoms with E-state index in [1.165, 1.54) is 5.56 Å². The summed E-state index contributed by atoms with van der Waals surface area (Å²) in [6, 6.07) is 8.29. The van der Waals surface area contributed by atoms with Crippen LogP contribution < -0.4 is 10.1 Å². The summed E-state index contributed by atoms with van der Waals surface area (Å²) in [5.41, 5.74) is 1.19. The van der Waals surface area contributed by atoms with Gasteiger partial charge in [-0.25, -0.2) is 0 Å². The van der Waals surface area contributed by atoms with Gasteiger partial charge < -0.3 is 14.6 Å². The fourth-order valence-corrected chi connectivity index (χ4v) is 1.79. The largest absolute Gasteiger partial charge is 0.494 e. The van der Waals surface area contributed by atoms with Crippen molar-refractivity contribution < 1.29 is 9.26 Å². The van der Waals surface area contributed by atoms with Gasteiger partial charge >= 0.3 is 0 Å². The summed E-state index contributed by atoms with van der Waals surface area (Å²) in [6.07, 6.45) is 0. The van der Waals surface area contributed by atoms with Crippen molar-refractivity contribution in [1.82, 2.24) is 15.5 Å². The Labute approximate surface area is 113 Å². The SMILES string of the molecule is CCOc1ccc(C(C)NCc2nc(C)no2)cc1. The number of nitrogens with zero attached hydrogens (tertiary/aromatic N) is 2. The quantitative estimate of drug-likeness (QED) is 0.866. The van der Waals surface area contributed by atoms with Gasteiger partial charge in [0.05, 0.1) is 13.2 Å². The lowest BCUT2D eigenvalue weighted by molar-refractivity contribution is 0.340. The molecule has 0 bridgehead atoms. The zero-order valence-corrected chi connectivity index (χ0v) is 11.5. The molecule has 1 aromatic heterocycles. The number of aryl methyl sites for hydroxylation is 1. The molecule has 1 unspecified atom stereocenters. The molecule has 1 heterocycles. The second-order valence-electron chi connectivity index (χ2n) is 4.34. The molecule has 1 N–H and O–H groups in total. The van der Waals surface area contributed by atoms with E-state index in [-0.39, 0.29) is 6.04 Å². The molecule has 0 aliphatic carbocycles. The fraction of sp³-hybridized carbons (Fsp3) is 0.429.